The van der Waals surface area contributed by atoms with Crippen LogP contribution in [0, 0.1) is 0 Å². The molecule has 2 heterocycles. The minimum atomic E-state index is -0.544. The van der Waals surface area contributed by atoms with Gasteiger partial charge in [-0.1, -0.05) is 54.6 Å². The second-order valence-corrected chi connectivity index (χ2v) is 10.5. The van der Waals surface area contributed by atoms with E-state index in [-0.39, 0.29) is 5.91 Å². The lowest BCUT2D eigenvalue weighted by Crippen LogP contribution is -2.52. The van der Waals surface area contributed by atoms with Crippen LogP contribution in [-0.2, 0) is 15.1 Å². The van der Waals surface area contributed by atoms with Gasteiger partial charge in [-0.3, -0.25) is 4.79 Å². The number of anilines is 2. The van der Waals surface area contributed by atoms with Crippen LogP contribution in [-0.4, -0.2) is 29.1 Å². The van der Waals surface area contributed by atoms with E-state index < -0.39 is 17.2 Å². The second-order valence-electron chi connectivity index (χ2n) is 10.5. The molecule has 0 radical (unpaired) electrons. The molecule has 186 valence electrons. The van der Waals surface area contributed by atoms with Gasteiger partial charge in [0.1, 0.15) is 5.60 Å². The number of pyridine rings is 1. The molecule has 1 saturated carbocycles. The molecule has 2 amide bonds. The van der Waals surface area contributed by atoms with Crippen molar-refractivity contribution >= 4 is 23.5 Å². The van der Waals surface area contributed by atoms with Crippen LogP contribution in [0.15, 0.2) is 60.7 Å². The minimum absolute atomic E-state index is 0.0255. The van der Waals surface area contributed by atoms with Crippen LogP contribution in [0.2, 0.25) is 0 Å². The zero-order valence-electron chi connectivity index (χ0n) is 21.0. The Morgan fingerprint density at radius 2 is 1.75 bits per heavy atom. The normalized spacial score (nSPS) is 16.5. The molecule has 0 spiro atoms. The fourth-order valence-electron chi connectivity index (χ4n) is 4.77. The van der Waals surface area contributed by atoms with E-state index in [0.717, 1.165) is 47.2 Å². The lowest BCUT2D eigenvalue weighted by Gasteiger charge is -2.43. The van der Waals surface area contributed by atoms with E-state index in [0.29, 0.717) is 24.5 Å². The van der Waals surface area contributed by atoms with E-state index >= 15 is 0 Å². The first-order valence-corrected chi connectivity index (χ1v) is 12.5. The molecule has 0 bridgehead atoms. The van der Waals surface area contributed by atoms with Gasteiger partial charge in [0, 0.05) is 24.1 Å². The number of hydrogen-bond acceptors (Lipinski definition) is 5. The largest absolute Gasteiger partial charge is 0.444 e. The average Bonchev–Trinajstić information content (AvgIpc) is 3.00. The number of amides is 2. The molecule has 0 atom stereocenters. The SMILES string of the molecule is CC(C)(C)OC(=O)NC1(c2ccc(-c3nc4c(cc3-c3ccccc3)NC(=O)CCN4)cc2)CCC1. The van der Waals surface area contributed by atoms with Crippen LogP contribution in [0.1, 0.15) is 52.0 Å². The summed E-state index contributed by atoms with van der Waals surface area (Å²) < 4.78 is 5.52. The standard InChI is InChI=1S/C29H32N4O3/c1-28(2,3)36-27(35)33-29(15-7-16-29)21-12-10-20(11-13-21)25-22(19-8-5-4-6-9-19)18-23-26(32-25)30-17-14-24(34)31-23/h4-6,8-13,18H,7,14-17H2,1-3H3,(H,30,32)(H,31,34)(H,33,35). The number of carbonyl (C=O) groups excluding carboxylic acids is 2. The third kappa shape index (κ3) is 4.91. The van der Waals surface area contributed by atoms with Crippen molar-refractivity contribution in [3.05, 3.63) is 66.2 Å². The van der Waals surface area contributed by atoms with E-state index in [1.165, 1.54) is 0 Å². The van der Waals surface area contributed by atoms with Crippen molar-refractivity contribution in [3.63, 3.8) is 0 Å². The van der Waals surface area contributed by atoms with Crippen molar-refractivity contribution in [2.24, 2.45) is 0 Å². The second kappa shape index (κ2) is 9.30. The van der Waals surface area contributed by atoms with Gasteiger partial charge in [0.2, 0.25) is 5.91 Å². The minimum Gasteiger partial charge on any atom is -0.444 e. The molecule has 1 aromatic heterocycles. The summed E-state index contributed by atoms with van der Waals surface area (Å²) in [6, 6.07) is 20.3. The molecule has 1 aliphatic carbocycles. The molecule has 7 heteroatoms. The summed E-state index contributed by atoms with van der Waals surface area (Å²) in [6.07, 6.45) is 2.81. The van der Waals surface area contributed by atoms with Gasteiger partial charge in [-0.05, 0) is 57.2 Å². The Kier molecular flexibility index (Phi) is 6.16. The summed E-state index contributed by atoms with van der Waals surface area (Å²) in [4.78, 5) is 29.6. The highest BCUT2D eigenvalue weighted by molar-refractivity contribution is 5.98. The van der Waals surface area contributed by atoms with E-state index in [2.05, 4.69) is 40.2 Å². The van der Waals surface area contributed by atoms with Gasteiger partial charge in [0.05, 0.1) is 16.9 Å². The Bertz CT molecular complexity index is 1280. The molecule has 0 unspecified atom stereocenters. The molecule has 1 fully saturated rings. The molecule has 7 nitrogen and oxygen atoms in total. The summed E-state index contributed by atoms with van der Waals surface area (Å²) in [5.41, 5.74) is 4.55. The van der Waals surface area contributed by atoms with Crippen molar-refractivity contribution < 1.29 is 14.3 Å². The summed E-state index contributed by atoms with van der Waals surface area (Å²) >= 11 is 0. The van der Waals surface area contributed by atoms with Crippen LogP contribution in [0.4, 0.5) is 16.3 Å². The maximum atomic E-state index is 12.5. The number of nitrogens with zero attached hydrogens (tertiary/aromatic N) is 1. The Balaban J connectivity index is 1.50. The first-order chi connectivity index (χ1) is 17.2. The highest BCUT2D eigenvalue weighted by atomic mass is 16.6. The number of benzene rings is 2. The van der Waals surface area contributed by atoms with Gasteiger partial charge in [-0.25, -0.2) is 9.78 Å². The first-order valence-electron chi connectivity index (χ1n) is 12.5. The van der Waals surface area contributed by atoms with E-state index in [4.69, 9.17) is 9.72 Å². The molecule has 0 saturated heterocycles. The van der Waals surface area contributed by atoms with Crippen LogP contribution in [0.5, 0.6) is 0 Å². The fraction of sp³-hybridized carbons (Fsp3) is 0.345. The Morgan fingerprint density at radius 3 is 2.39 bits per heavy atom. The molecular weight excluding hydrogens is 452 g/mol. The summed E-state index contributed by atoms with van der Waals surface area (Å²) in [7, 11) is 0. The van der Waals surface area contributed by atoms with Gasteiger partial charge in [0.15, 0.2) is 5.82 Å². The van der Waals surface area contributed by atoms with Crippen molar-refractivity contribution in [2.75, 3.05) is 17.2 Å². The van der Waals surface area contributed by atoms with Crippen LogP contribution in [0.3, 0.4) is 0 Å². The number of alkyl carbamates (subject to hydrolysis) is 1. The molecule has 2 aromatic carbocycles. The van der Waals surface area contributed by atoms with E-state index in [9.17, 15) is 9.59 Å². The number of carbonyl (C=O) groups is 2. The van der Waals surface area contributed by atoms with Gasteiger partial charge in [-0.2, -0.15) is 0 Å². The highest BCUT2D eigenvalue weighted by Crippen LogP contribution is 2.43. The number of nitrogens with one attached hydrogen (secondary N) is 3. The molecule has 36 heavy (non-hydrogen) atoms. The fourth-order valence-corrected chi connectivity index (χ4v) is 4.77. The highest BCUT2D eigenvalue weighted by Gasteiger charge is 2.41. The van der Waals surface area contributed by atoms with E-state index in [1.54, 1.807) is 0 Å². The van der Waals surface area contributed by atoms with Gasteiger partial charge in [-0.15, -0.1) is 0 Å². The molecule has 2 aliphatic rings. The predicted molar refractivity (Wildman–Crippen MR) is 142 cm³/mol. The van der Waals surface area contributed by atoms with Crippen molar-refractivity contribution in [3.8, 4) is 22.4 Å². The van der Waals surface area contributed by atoms with Gasteiger partial charge >= 0.3 is 6.09 Å². The Hall–Kier alpha value is -3.87. The van der Waals surface area contributed by atoms with E-state index in [1.807, 2.05) is 57.2 Å². The molecule has 5 rings (SSSR count). The summed E-state index contributed by atoms with van der Waals surface area (Å²) in [5, 5.41) is 9.38. The Labute approximate surface area is 211 Å². The van der Waals surface area contributed by atoms with Gasteiger partial charge < -0.3 is 20.7 Å². The lowest BCUT2D eigenvalue weighted by atomic mass is 9.71. The van der Waals surface area contributed by atoms with Gasteiger partial charge in [0.25, 0.3) is 0 Å². The zero-order valence-corrected chi connectivity index (χ0v) is 21.0. The Morgan fingerprint density at radius 1 is 1.03 bits per heavy atom. The number of ether oxygens (including phenoxy) is 1. The maximum absolute atomic E-state index is 12.5. The number of fused-ring (bicyclic) bond motifs is 1. The van der Waals surface area contributed by atoms with Crippen molar-refractivity contribution in [1.29, 1.82) is 0 Å². The van der Waals surface area contributed by atoms with Crippen molar-refractivity contribution in [2.45, 2.75) is 57.6 Å². The quantitative estimate of drug-likeness (QED) is 0.418. The number of hydrogen-bond donors (Lipinski definition) is 3. The molecular formula is C29H32N4O3. The number of aromatic nitrogens is 1. The van der Waals surface area contributed by atoms with Crippen LogP contribution < -0.4 is 16.0 Å². The smallest absolute Gasteiger partial charge is 0.408 e. The number of rotatable bonds is 4. The van der Waals surface area contributed by atoms with Crippen molar-refractivity contribution in [1.82, 2.24) is 10.3 Å². The molecule has 3 aromatic rings. The molecule has 3 N–H and O–H groups in total. The maximum Gasteiger partial charge on any atom is 0.408 e. The third-order valence-electron chi connectivity index (χ3n) is 6.68. The predicted octanol–water partition coefficient (Wildman–Crippen LogP) is 6.07. The van der Waals surface area contributed by atoms with Crippen LogP contribution in [0.25, 0.3) is 22.4 Å². The first kappa shape index (κ1) is 23.9. The topological polar surface area (TPSA) is 92.3 Å². The average molecular weight is 485 g/mol. The molecule has 1 aliphatic heterocycles. The zero-order chi connectivity index (χ0) is 25.3. The lowest BCUT2D eigenvalue weighted by molar-refractivity contribution is -0.115. The third-order valence-corrected chi connectivity index (χ3v) is 6.68. The summed E-state index contributed by atoms with van der Waals surface area (Å²) in [5.74, 6) is 0.643. The summed E-state index contributed by atoms with van der Waals surface area (Å²) in [6.45, 7) is 6.14. The van der Waals surface area contributed by atoms with Crippen LogP contribution >= 0.6 is 0 Å². The monoisotopic (exact) mass is 484 g/mol.